The SMILES string of the molecule is COc1ccc(N(CC(=O)N(Cc2c(Cl)cccc2Cl)[C@H](C)C(=O)NC(C)C)S(=O)(=O)c2ccccc2)cc1. The van der Waals surface area contributed by atoms with Crippen LogP contribution in [0.4, 0.5) is 5.69 Å². The summed E-state index contributed by atoms with van der Waals surface area (Å²) in [6, 6.07) is 17.9. The summed E-state index contributed by atoms with van der Waals surface area (Å²) in [6.45, 7) is 4.50. The first-order chi connectivity index (χ1) is 18.4. The van der Waals surface area contributed by atoms with Gasteiger partial charge in [-0.3, -0.25) is 13.9 Å². The fraction of sp³-hybridized carbons (Fsp3) is 0.286. The van der Waals surface area contributed by atoms with E-state index in [0.717, 1.165) is 4.31 Å². The molecule has 11 heteroatoms. The number of nitrogens with one attached hydrogen (secondary N) is 1. The summed E-state index contributed by atoms with van der Waals surface area (Å²) in [6.07, 6.45) is 0. The Morgan fingerprint density at radius 1 is 0.897 bits per heavy atom. The highest BCUT2D eigenvalue weighted by Gasteiger charge is 2.33. The molecule has 8 nitrogen and oxygen atoms in total. The van der Waals surface area contributed by atoms with Crippen molar-refractivity contribution >= 4 is 50.7 Å². The van der Waals surface area contributed by atoms with Gasteiger partial charge in [-0.1, -0.05) is 47.5 Å². The number of ether oxygens (including phenoxy) is 1. The lowest BCUT2D eigenvalue weighted by Gasteiger charge is -2.32. The van der Waals surface area contributed by atoms with E-state index in [1.54, 1.807) is 81.4 Å². The van der Waals surface area contributed by atoms with E-state index >= 15 is 0 Å². The van der Waals surface area contributed by atoms with Crippen molar-refractivity contribution in [1.82, 2.24) is 10.2 Å². The van der Waals surface area contributed by atoms with E-state index in [1.807, 2.05) is 0 Å². The molecular weight excluding hydrogens is 561 g/mol. The van der Waals surface area contributed by atoms with Gasteiger partial charge in [0.1, 0.15) is 18.3 Å². The number of halogens is 2. The summed E-state index contributed by atoms with van der Waals surface area (Å²) in [7, 11) is -2.67. The Kier molecular flexibility index (Phi) is 10.2. The van der Waals surface area contributed by atoms with Crippen molar-refractivity contribution in [3.63, 3.8) is 0 Å². The van der Waals surface area contributed by atoms with E-state index < -0.39 is 34.4 Å². The molecule has 0 aliphatic heterocycles. The third kappa shape index (κ3) is 7.44. The monoisotopic (exact) mass is 591 g/mol. The third-order valence-corrected chi connectivity index (χ3v) is 8.46. The van der Waals surface area contributed by atoms with Crippen molar-refractivity contribution < 1.29 is 22.7 Å². The maximum atomic E-state index is 13.9. The minimum absolute atomic E-state index is 0.0138. The van der Waals surface area contributed by atoms with Crippen molar-refractivity contribution in [1.29, 1.82) is 0 Å². The molecule has 0 saturated heterocycles. The molecule has 0 bridgehead atoms. The van der Waals surface area contributed by atoms with Crippen molar-refractivity contribution in [2.45, 2.75) is 44.3 Å². The highest BCUT2D eigenvalue weighted by molar-refractivity contribution is 7.92. The van der Waals surface area contributed by atoms with Gasteiger partial charge in [0, 0.05) is 28.2 Å². The number of benzene rings is 3. The molecular formula is C28H31Cl2N3O5S. The maximum absolute atomic E-state index is 13.9. The maximum Gasteiger partial charge on any atom is 0.264 e. The molecule has 0 aromatic heterocycles. The Morgan fingerprint density at radius 3 is 2.03 bits per heavy atom. The minimum atomic E-state index is -4.16. The van der Waals surface area contributed by atoms with Crippen molar-refractivity contribution in [3.05, 3.63) is 88.4 Å². The summed E-state index contributed by atoms with van der Waals surface area (Å²) >= 11 is 12.8. The lowest BCUT2D eigenvalue weighted by molar-refractivity contribution is -0.139. The van der Waals surface area contributed by atoms with Gasteiger partial charge in [-0.15, -0.1) is 0 Å². The Balaban J connectivity index is 2.06. The van der Waals surface area contributed by atoms with Gasteiger partial charge in [0.2, 0.25) is 11.8 Å². The van der Waals surface area contributed by atoms with E-state index in [0.29, 0.717) is 21.4 Å². The normalized spacial score (nSPS) is 12.1. The van der Waals surface area contributed by atoms with Crippen LogP contribution >= 0.6 is 23.2 Å². The second-order valence-corrected chi connectivity index (χ2v) is 11.8. The summed E-state index contributed by atoms with van der Waals surface area (Å²) in [5.74, 6) is -0.493. The average Bonchev–Trinajstić information content (AvgIpc) is 2.91. The molecule has 0 radical (unpaired) electrons. The van der Waals surface area contributed by atoms with E-state index in [2.05, 4.69) is 5.32 Å². The number of anilines is 1. The molecule has 0 heterocycles. The summed E-state index contributed by atoms with van der Waals surface area (Å²) < 4.78 is 33.7. The van der Waals surface area contributed by atoms with Crippen LogP contribution in [0.3, 0.4) is 0 Å². The molecule has 0 aliphatic carbocycles. The van der Waals surface area contributed by atoms with Crippen LogP contribution in [0.25, 0.3) is 0 Å². The molecule has 39 heavy (non-hydrogen) atoms. The highest BCUT2D eigenvalue weighted by Crippen LogP contribution is 2.29. The van der Waals surface area contributed by atoms with Gasteiger partial charge in [0.25, 0.3) is 10.0 Å². The van der Waals surface area contributed by atoms with Crippen molar-refractivity contribution in [3.8, 4) is 5.75 Å². The van der Waals surface area contributed by atoms with Gasteiger partial charge in [-0.05, 0) is 69.3 Å². The first-order valence-corrected chi connectivity index (χ1v) is 14.4. The topological polar surface area (TPSA) is 96.0 Å². The number of sulfonamides is 1. The molecule has 0 unspecified atom stereocenters. The number of carbonyl (C=O) groups is 2. The number of amides is 2. The third-order valence-electron chi connectivity index (χ3n) is 5.96. The number of carbonyl (C=O) groups excluding carboxylic acids is 2. The average molecular weight is 593 g/mol. The summed E-state index contributed by atoms with van der Waals surface area (Å²) in [5, 5.41) is 3.44. The summed E-state index contributed by atoms with van der Waals surface area (Å²) in [5.41, 5.74) is 0.698. The van der Waals surface area contributed by atoms with Crippen LogP contribution in [-0.2, 0) is 26.2 Å². The number of rotatable bonds is 11. The van der Waals surface area contributed by atoms with Crippen LogP contribution in [0, 0.1) is 0 Å². The molecule has 3 aromatic rings. The first-order valence-electron chi connectivity index (χ1n) is 12.2. The Labute approximate surface area is 239 Å². The van der Waals surface area contributed by atoms with Crippen LogP contribution in [-0.4, -0.2) is 50.9 Å². The fourth-order valence-corrected chi connectivity index (χ4v) is 5.79. The predicted molar refractivity (Wildman–Crippen MR) is 154 cm³/mol. The largest absolute Gasteiger partial charge is 0.497 e. The van der Waals surface area contributed by atoms with E-state index in [9.17, 15) is 18.0 Å². The molecule has 0 saturated carbocycles. The van der Waals surface area contributed by atoms with Crippen molar-refractivity contribution in [2.24, 2.45) is 0 Å². The number of hydrogen-bond donors (Lipinski definition) is 1. The van der Waals surface area contributed by atoms with Gasteiger partial charge >= 0.3 is 0 Å². The standard InChI is InChI=1S/C28H31Cl2N3O5S/c1-19(2)31-28(35)20(3)32(17-24-25(29)11-8-12-26(24)30)27(34)18-33(21-13-15-22(38-4)16-14-21)39(36,37)23-9-6-5-7-10-23/h5-16,19-20H,17-18H2,1-4H3,(H,31,35)/t20-/m1/s1. The lowest BCUT2D eigenvalue weighted by atomic mass is 10.1. The molecule has 3 aromatic carbocycles. The molecule has 208 valence electrons. The van der Waals surface area contributed by atoms with Crippen LogP contribution in [0.15, 0.2) is 77.7 Å². The Morgan fingerprint density at radius 2 is 1.49 bits per heavy atom. The first kappa shape index (κ1) is 30.3. The minimum Gasteiger partial charge on any atom is -0.497 e. The Hall–Kier alpha value is -3.27. The zero-order chi connectivity index (χ0) is 28.7. The van der Waals surface area contributed by atoms with Gasteiger partial charge in [0.15, 0.2) is 0 Å². The lowest BCUT2D eigenvalue weighted by Crippen LogP contribution is -2.52. The molecule has 1 N–H and O–H groups in total. The zero-order valence-corrected chi connectivity index (χ0v) is 24.4. The van der Waals surface area contributed by atoms with E-state index in [-0.39, 0.29) is 23.2 Å². The predicted octanol–water partition coefficient (Wildman–Crippen LogP) is 5.14. The zero-order valence-electron chi connectivity index (χ0n) is 22.1. The molecule has 2 amide bonds. The molecule has 1 atom stereocenters. The van der Waals surface area contributed by atoms with Gasteiger partial charge in [-0.25, -0.2) is 8.42 Å². The quantitative estimate of drug-likeness (QED) is 0.333. The van der Waals surface area contributed by atoms with Crippen molar-refractivity contribution in [2.75, 3.05) is 18.0 Å². The molecule has 0 aliphatic rings. The number of hydrogen-bond acceptors (Lipinski definition) is 5. The second kappa shape index (κ2) is 13.2. The molecule has 0 spiro atoms. The van der Waals surface area contributed by atoms with E-state index in [4.69, 9.17) is 27.9 Å². The van der Waals surface area contributed by atoms with Gasteiger partial charge in [-0.2, -0.15) is 0 Å². The van der Waals surface area contributed by atoms with Gasteiger partial charge in [0.05, 0.1) is 17.7 Å². The smallest absolute Gasteiger partial charge is 0.264 e. The summed E-state index contributed by atoms with van der Waals surface area (Å²) in [4.78, 5) is 28.2. The highest BCUT2D eigenvalue weighted by atomic mass is 35.5. The van der Waals surface area contributed by atoms with Crippen LogP contribution in [0.1, 0.15) is 26.3 Å². The number of methoxy groups -OCH3 is 1. The fourth-order valence-electron chi connectivity index (χ4n) is 3.84. The van der Waals surface area contributed by atoms with Crippen LogP contribution in [0.5, 0.6) is 5.75 Å². The van der Waals surface area contributed by atoms with Gasteiger partial charge < -0.3 is 15.0 Å². The molecule has 0 fully saturated rings. The number of nitrogens with zero attached hydrogens (tertiary/aromatic N) is 2. The van der Waals surface area contributed by atoms with Crippen LogP contribution in [0.2, 0.25) is 10.0 Å². The molecule has 3 rings (SSSR count). The van der Waals surface area contributed by atoms with E-state index in [1.165, 1.54) is 24.1 Å². The second-order valence-electron chi connectivity index (χ2n) is 9.08. The Bertz CT molecular complexity index is 1380. The van der Waals surface area contributed by atoms with Crippen LogP contribution < -0.4 is 14.4 Å².